The first-order chi connectivity index (χ1) is 13.4. The topological polar surface area (TPSA) is 60.9 Å². The fourth-order valence-electron chi connectivity index (χ4n) is 4.09. The largest absolute Gasteiger partial charge is 0.368 e. The van der Waals surface area contributed by atoms with Crippen LogP contribution in [0.4, 0.5) is 5.69 Å². The third kappa shape index (κ3) is 3.77. The molecule has 0 aromatic heterocycles. The molecule has 1 saturated heterocycles. The Balaban J connectivity index is 1.50. The first-order valence-corrected chi connectivity index (χ1v) is 11.4. The molecular formula is C21H25N3O3S. The zero-order valence-corrected chi connectivity index (χ0v) is 16.8. The average molecular weight is 400 g/mol. The van der Waals surface area contributed by atoms with Crippen LogP contribution in [0.5, 0.6) is 0 Å². The van der Waals surface area contributed by atoms with Gasteiger partial charge in [-0.3, -0.25) is 4.79 Å². The van der Waals surface area contributed by atoms with Gasteiger partial charge in [0.15, 0.2) is 0 Å². The lowest BCUT2D eigenvalue weighted by Crippen LogP contribution is -2.57. The van der Waals surface area contributed by atoms with Crippen molar-refractivity contribution in [1.82, 2.24) is 9.21 Å². The molecule has 1 unspecified atom stereocenters. The molecule has 2 aliphatic rings. The Labute approximate surface area is 166 Å². The molecule has 2 aromatic rings. The second-order valence-electron chi connectivity index (χ2n) is 7.44. The van der Waals surface area contributed by atoms with Gasteiger partial charge in [0.05, 0.1) is 6.26 Å². The van der Waals surface area contributed by atoms with E-state index in [9.17, 15) is 13.2 Å². The molecule has 1 fully saturated rings. The summed E-state index contributed by atoms with van der Waals surface area (Å²) >= 11 is 0. The van der Waals surface area contributed by atoms with Gasteiger partial charge in [0.2, 0.25) is 15.9 Å². The Kier molecular flexibility index (Phi) is 5.12. The quantitative estimate of drug-likeness (QED) is 0.789. The summed E-state index contributed by atoms with van der Waals surface area (Å²) in [5, 5.41) is 0. The highest BCUT2D eigenvalue weighted by molar-refractivity contribution is 7.88. The van der Waals surface area contributed by atoms with E-state index < -0.39 is 16.1 Å². The number of carbonyl (C=O) groups excluding carboxylic acids is 1. The first-order valence-electron chi connectivity index (χ1n) is 9.56. The van der Waals surface area contributed by atoms with Crippen LogP contribution < -0.4 is 4.90 Å². The number of hydrogen-bond donors (Lipinski definition) is 0. The summed E-state index contributed by atoms with van der Waals surface area (Å²) in [4.78, 5) is 17.3. The Morgan fingerprint density at radius 3 is 2.14 bits per heavy atom. The molecule has 148 valence electrons. The Bertz CT molecular complexity index is 954. The highest BCUT2D eigenvalue weighted by atomic mass is 32.2. The van der Waals surface area contributed by atoms with Gasteiger partial charge in [-0.25, -0.2) is 8.42 Å². The summed E-state index contributed by atoms with van der Waals surface area (Å²) in [6.45, 7) is 2.96. The van der Waals surface area contributed by atoms with Crippen molar-refractivity contribution >= 4 is 21.6 Å². The van der Waals surface area contributed by atoms with E-state index in [1.165, 1.54) is 10.6 Å². The van der Waals surface area contributed by atoms with Gasteiger partial charge in [-0.05, 0) is 29.7 Å². The smallest absolute Gasteiger partial charge is 0.241 e. The number of para-hydroxylation sites is 1. The summed E-state index contributed by atoms with van der Waals surface area (Å²) < 4.78 is 26.1. The number of hydrogen-bond acceptors (Lipinski definition) is 4. The molecule has 2 heterocycles. The molecule has 1 atom stereocenters. The third-order valence-corrected chi connectivity index (χ3v) is 6.86. The lowest BCUT2D eigenvalue weighted by molar-refractivity contribution is -0.136. The molecular weight excluding hydrogens is 374 g/mol. The minimum Gasteiger partial charge on any atom is -0.368 e. The van der Waals surface area contributed by atoms with Crippen molar-refractivity contribution in [3.8, 4) is 0 Å². The van der Waals surface area contributed by atoms with Gasteiger partial charge in [-0.15, -0.1) is 0 Å². The lowest BCUT2D eigenvalue weighted by Gasteiger charge is -2.41. The maximum Gasteiger partial charge on any atom is 0.241 e. The summed E-state index contributed by atoms with van der Waals surface area (Å²) in [7, 11) is -3.48. The van der Waals surface area contributed by atoms with Crippen molar-refractivity contribution in [3.63, 3.8) is 0 Å². The number of benzene rings is 2. The van der Waals surface area contributed by atoms with Crippen LogP contribution in [-0.2, 0) is 27.8 Å². The standard InChI is InChI=1S/C21H25N3O3S/c1-28(26,27)24-16-18-8-6-5-7-17(18)15-20(24)21(25)23-13-11-22(12-14-23)19-9-3-2-4-10-19/h2-10,20H,11-16H2,1H3. The van der Waals surface area contributed by atoms with Crippen LogP contribution in [0.25, 0.3) is 0 Å². The molecule has 4 rings (SSSR count). The van der Waals surface area contributed by atoms with Gasteiger partial charge in [-0.1, -0.05) is 42.5 Å². The second-order valence-corrected chi connectivity index (χ2v) is 9.38. The van der Waals surface area contributed by atoms with E-state index in [0.29, 0.717) is 19.5 Å². The molecule has 0 spiro atoms. The highest BCUT2D eigenvalue weighted by Gasteiger charge is 2.39. The van der Waals surface area contributed by atoms with Crippen molar-refractivity contribution in [1.29, 1.82) is 0 Å². The van der Waals surface area contributed by atoms with E-state index >= 15 is 0 Å². The van der Waals surface area contributed by atoms with Gasteiger partial charge >= 0.3 is 0 Å². The van der Waals surface area contributed by atoms with Crippen molar-refractivity contribution < 1.29 is 13.2 Å². The van der Waals surface area contributed by atoms with Crippen LogP contribution in [0.2, 0.25) is 0 Å². The molecule has 2 aromatic carbocycles. The number of rotatable bonds is 3. The van der Waals surface area contributed by atoms with Gasteiger partial charge in [0, 0.05) is 38.4 Å². The third-order valence-electron chi connectivity index (χ3n) is 5.63. The van der Waals surface area contributed by atoms with E-state index in [0.717, 1.165) is 29.9 Å². The monoisotopic (exact) mass is 399 g/mol. The summed E-state index contributed by atoms with van der Waals surface area (Å²) in [5.74, 6) is -0.0901. The molecule has 28 heavy (non-hydrogen) atoms. The first kappa shape index (κ1) is 19.0. The van der Waals surface area contributed by atoms with E-state index in [1.54, 1.807) is 0 Å². The van der Waals surface area contributed by atoms with Crippen molar-refractivity contribution in [2.45, 2.75) is 19.0 Å². The molecule has 0 radical (unpaired) electrons. The Morgan fingerprint density at radius 2 is 1.50 bits per heavy atom. The number of sulfonamides is 1. The number of carbonyl (C=O) groups is 1. The number of nitrogens with zero attached hydrogens (tertiary/aromatic N) is 3. The van der Waals surface area contributed by atoms with Crippen molar-refractivity contribution in [2.24, 2.45) is 0 Å². The van der Waals surface area contributed by atoms with Gasteiger partial charge < -0.3 is 9.80 Å². The molecule has 6 nitrogen and oxygen atoms in total. The predicted molar refractivity (Wildman–Crippen MR) is 110 cm³/mol. The van der Waals surface area contributed by atoms with Crippen molar-refractivity contribution in [2.75, 3.05) is 37.3 Å². The van der Waals surface area contributed by atoms with Gasteiger partial charge in [0.1, 0.15) is 6.04 Å². The molecule has 0 aliphatic carbocycles. The minimum absolute atomic E-state index is 0.0901. The number of anilines is 1. The zero-order valence-electron chi connectivity index (χ0n) is 16.0. The van der Waals surface area contributed by atoms with Crippen LogP contribution >= 0.6 is 0 Å². The van der Waals surface area contributed by atoms with E-state index in [-0.39, 0.29) is 12.5 Å². The molecule has 0 bridgehead atoms. The minimum atomic E-state index is -3.48. The SMILES string of the molecule is CS(=O)(=O)N1Cc2ccccc2CC1C(=O)N1CCN(c2ccccc2)CC1. The normalized spacial score (nSPS) is 20.7. The average Bonchev–Trinajstić information content (AvgIpc) is 2.72. The molecule has 1 amide bonds. The van der Waals surface area contributed by atoms with E-state index in [2.05, 4.69) is 17.0 Å². The van der Waals surface area contributed by atoms with E-state index in [4.69, 9.17) is 0 Å². The second kappa shape index (κ2) is 7.56. The molecule has 2 aliphatic heterocycles. The fraction of sp³-hybridized carbons (Fsp3) is 0.381. The summed E-state index contributed by atoms with van der Waals surface area (Å²) in [6.07, 6.45) is 1.62. The van der Waals surface area contributed by atoms with Crippen LogP contribution in [0.3, 0.4) is 0 Å². The Morgan fingerprint density at radius 1 is 0.893 bits per heavy atom. The highest BCUT2D eigenvalue weighted by Crippen LogP contribution is 2.27. The summed E-state index contributed by atoms with van der Waals surface area (Å²) in [6, 6.07) is 17.3. The van der Waals surface area contributed by atoms with Gasteiger partial charge in [-0.2, -0.15) is 4.31 Å². The van der Waals surface area contributed by atoms with Crippen LogP contribution in [-0.4, -0.2) is 62.0 Å². The van der Waals surface area contributed by atoms with Crippen LogP contribution in [0.1, 0.15) is 11.1 Å². The molecule has 0 saturated carbocycles. The van der Waals surface area contributed by atoms with Gasteiger partial charge in [0.25, 0.3) is 0 Å². The van der Waals surface area contributed by atoms with Crippen LogP contribution in [0.15, 0.2) is 54.6 Å². The molecule has 0 N–H and O–H groups in total. The lowest BCUT2D eigenvalue weighted by atomic mass is 9.95. The predicted octanol–water partition coefficient (Wildman–Crippen LogP) is 1.72. The van der Waals surface area contributed by atoms with Crippen molar-refractivity contribution in [3.05, 3.63) is 65.7 Å². The van der Waals surface area contributed by atoms with E-state index in [1.807, 2.05) is 47.4 Å². The number of piperazine rings is 1. The zero-order chi connectivity index (χ0) is 19.7. The maximum absolute atomic E-state index is 13.3. The Hall–Kier alpha value is -2.38. The summed E-state index contributed by atoms with van der Waals surface area (Å²) in [5.41, 5.74) is 3.19. The number of fused-ring (bicyclic) bond motifs is 1. The van der Waals surface area contributed by atoms with Crippen LogP contribution in [0, 0.1) is 0 Å². The number of amides is 1. The fourth-order valence-corrected chi connectivity index (χ4v) is 5.09. The molecule has 7 heteroatoms. The maximum atomic E-state index is 13.3.